The lowest BCUT2D eigenvalue weighted by atomic mass is 10.2. The topological polar surface area (TPSA) is 72.7 Å². The van der Waals surface area contributed by atoms with Gasteiger partial charge in [0.2, 0.25) is 5.28 Å². The average molecular weight is 538 g/mol. The zero-order chi connectivity index (χ0) is 20.5. The maximum absolute atomic E-state index is 13.4. The summed E-state index contributed by atoms with van der Waals surface area (Å²) in [5, 5.41) is 4.18. The van der Waals surface area contributed by atoms with Crippen molar-refractivity contribution in [3.8, 4) is 5.69 Å². The molecule has 2 heterocycles. The Bertz CT molecular complexity index is 1260. The minimum Gasteiger partial charge on any atom is -0.359 e. The molecule has 1 unspecified atom stereocenters. The van der Waals surface area contributed by atoms with E-state index in [1.165, 1.54) is 0 Å². The molecule has 2 aromatic carbocycles. The second-order valence-corrected chi connectivity index (χ2v) is 8.19. The molecule has 0 saturated heterocycles. The molecule has 29 heavy (non-hydrogen) atoms. The summed E-state index contributed by atoms with van der Waals surface area (Å²) < 4.78 is 2.37. The molecular weight excluding hydrogens is 524 g/mol. The quantitative estimate of drug-likeness (QED) is 0.284. The van der Waals surface area contributed by atoms with E-state index in [4.69, 9.17) is 28.2 Å². The fraction of sp³-hybridized carbons (Fsp3) is 0.100. The number of halogens is 3. The van der Waals surface area contributed by atoms with E-state index < -0.39 is 0 Å². The van der Waals surface area contributed by atoms with E-state index in [0.29, 0.717) is 33.3 Å². The number of rotatable bonds is 4. The van der Waals surface area contributed by atoms with Crippen LogP contribution in [0.4, 0.5) is 5.82 Å². The lowest BCUT2D eigenvalue weighted by molar-refractivity contribution is 0.730. The fourth-order valence-electron chi connectivity index (χ4n) is 3.04. The van der Waals surface area contributed by atoms with Gasteiger partial charge in [0.05, 0.1) is 31.2 Å². The van der Waals surface area contributed by atoms with E-state index in [1.54, 1.807) is 29.0 Å². The van der Waals surface area contributed by atoms with Crippen molar-refractivity contribution < 1.29 is 0 Å². The van der Waals surface area contributed by atoms with E-state index >= 15 is 0 Å². The Morgan fingerprint density at radius 2 is 1.83 bits per heavy atom. The maximum atomic E-state index is 13.4. The average Bonchev–Trinajstić information content (AvgIpc) is 2.71. The Hall–Kier alpha value is -2.23. The molecule has 146 valence electrons. The number of nitrogens with zero attached hydrogens (tertiary/aromatic N) is 4. The van der Waals surface area contributed by atoms with Gasteiger partial charge in [0.25, 0.3) is 5.56 Å². The van der Waals surface area contributed by atoms with Gasteiger partial charge in [0.15, 0.2) is 0 Å². The molecule has 0 radical (unpaired) electrons. The van der Waals surface area contributed by atoms with Crippen molar-refractivity contribution in [2.75, 3.05) is 5.32 Å². The molecular formula is C20H14Cl2IN5O. The number of fused-ring (bicyclic) bond motifs is 1. The lowest BCUT2D eigenvalue weighted by Crippen LogP contribution is -2.27. The number of nitrogens with one attached hydrogen (secondary N) is 1. The van der Waals surface area contributed by atoms with E-state index in [1.807, 2.05) is 37.3 Å². The van der Waals surface area contributed by atoms with Crippen LogP contribution in [0.3, 0.4) is 0 Å². The highest BCUT2D eigenvalue weighted by atomic mass is 127. The standard InChI is InChI=1S/C20H14Cl2IN5O/c1-11(25-17-14(23)10-24-20(22)27-17)18-26-15-9-5-8-13(21)16(15)19(29)28(18)12-6-3-2-4-7-12/h2-11H,1H3,(H,24,25,27). The van der Waals surface area contributed by atoms with Crippen molar-refractivity contribution in [1.82, 2.24) is 19.5 Å². The molecule has 0 amide bonds. The predicted molar refractivity (Wildman–Crippen MR) is 124 cm³/mol. The Balaban J connectivity index is 1.93. The summed E-state index contributed by atoms with van der Waals surface area (Å²) in [5.41, 5.74) is 1.01. The van der Waals surface area contributed by atoms with Crippen LogP contribution < -0.4 is 10.9 Å². The normalized spacial score (nSPS) is 12.1. The maximum Gasteiger partial charge on any atom is 0.267 e. The Labute approximate surface area is 190 Å². The molecule has 0 saturated carbocycles. The largest absolute Gasteiger partial charge is 0.359 e. The van der Waals surface area contributed by atoms with E-state index in [0.717, 1.165) is 3.57 Å². The summed E-state index contributed by atoms with van der Waals surface area (Å²) >= 11 is 14.4. The summed E-state index contributed by atoms with van der Waals surface area (Å²) in [4.78, 5) is 26.4. The van der Waals surface area contributed by atoms with Crippen LogP contribution in [-0.4, -0.2) is 19.5 Å². The van der Waals surface area contributed by atoms with Crippen LogP contribution in [0.15, 0.2) is 59.5 Å². The highest BCUT2D eigenvalue weighted by Crippen LogP contribution is 2.26. The highest BCUT2D eigenvalue weighted by molar-refractivity contribution is 14.1. The number of hydrogen-bond donors (Lipinski definition) is 1. The van der Waals surface area contributed by atoms with Crippen molar-refractivity contribution in [1.29, 1.82) is 0 Å². The molecule has 9 heteroatoms. The van der Waals surface area contributed by atoms with Gasteiger partial charge in [-0.15, -0.1) is 0 Å². The van der Waals surface area contributed by atoms with Gasteiger partial charge in [-0.1, -0.05) is 35.9 Å². The van der Waals surface area contributed by atoms with Crippen LogP contribution in [-0.2, 0) is 0 Å². The number of para-hydroxylation sites is 1. The van der Waals surface area contributed by atoms with Crippen LogP contribution in [0.25, 0.3) is 16.6 Å². The zero-order valence-corrected chi connectivity index (χ0v) is 18.8. The molecule has 0 aliphatic heterocycles. The number of anilines is 1. The molecule has 6 nitrogen and oxygen atoms in total. The highest BCUT2D eigenvalue weighted by Gasteiger charge is 2.20. The summed E-state index contributed by atoms with van der Waals surface area (Å²) in [5.74, 6) is 1.10. The van der Waals surface area contributed by atoms with Gasteiger partial charge in [-0.2, -0.15) is 4.98 Å². The fourth-order valence-corrected chi connectivity index (χ4v) is 3.84. The third kappa shape index (κ3) is 3.94. The molecule has 0 aliphatic carbocycles. The van der Waals surface area contributed by atoms with Gasteiger partial charge in [-0.05, 0) is 65.4 Å². The van der Waals surface area contributed by atoms with Crippen molar-refractivity contribution in [3.63, 3.8) is 0 Å². The van der Waals surface area contributed by atoms with Crippen LogP contribution in [0, 0.1) is 3.57 Å². The predicted octanol–water partition coefficient (Wildman–Crippen LogP) is 5.26. The van der Waals surface area contributed by atoms with E-state index in [-0.39, 0.29) is 16.9 Å². The first-order chi connectivity index (χ1) is 14.0. The minimum atomic E-state index is -0.356. The Morgan fingerprint density at radius 3 is 2.59 bits per heavy atom. The molecule has 2 aromatic heterocycles. The molecule has 0 spiro atoms. The molecule has 0 bridgehead atoms. The number of aromatic nitrogens is 4. The second kappa shape index (κ2) is 8.25. The van der Waals surface area contributed by atoms with E-state index in [9.17, 15) is 4.79 Å². The minimum absolute atomic E-state index is 0.138. The Morgan fingerprint density at radius 1 is 1.07 bits per heavy atom. The van der Waals surface area contributed by atoms with Gasteiger partial charge in [0, 0.05) is 6.20 Å². The third-order valence-corrected chi connectivity index (χ3v) is 5.63. The van der Waals surface area contributed by atoms with Crippen molar-refractivity contribution in [3.05, 3.63) is 84.8 Å². The summed E-state index contributed by atoms with van der Waals surface area (Å²) in [6.45, 7) is 1.91. The van der Waals surface area contributed by atoms with Crippen LogP contribution >= 0.6 is 45.8 Å². The van der Waals surface area contributed by atoms with Crippen LogP contribution in [0.2, 0.25) is 10.3 Å². The summed E-state index contributed by atoms with van der Waals surface area (Å²) in [7, 11) is 0. The van der Waals surface area contributed by atoms with Gasteiger partial charge in [0.1, 0.15) is 11.6 Å². The van der Waals surface area contributed by atoms with Gasteiger partial charge >= 0.3 is 0 Å². The third-order valence-electron chi connectivity index (χ3n) is 4.34. The SMILES string of the molecule is CC(Nc1nc(Cl)ncc1I)c1nc2cccc(Cl)c2c(=O)n1-c1ccccc1. The first-order valence-electron chi connectivity index (χ1n) is 8.67. The summed E-state index contributed by atoms with van der Waals surface area (Å²) in [6, 6.07) is 14.2. The molecule has 4 aromatic rings. The lowest BCUT2D eigenvalue weighted by Gasteiger charge is -2.20. The number of hydrogen-bond acceptors (Lipinski definition) is 5. The zero-order valence-electron chi connectivity index (χ0n) is 15.1. The smallest absolute Gasteiger partial charge is 0.267 e. The summed E-state index contributed by atoms with van der Waals surface area (Å²) in [6.07, 6.45) is 1.63. The van der Waals surface area contributed by atoms with E-state index in [2.05, 4.69) is 37.9 Å². The molecule has 0 fully saturated rings. The number of benzene rings is 2. The van der Waals surface area contributed by atoms with Gasteiger partial charge < -0.3 is 5.32 Å². The van der Waals surface area contributed by atoms with Gasteiger partial charge in [-0.3, -0.25) is 9.36 Å². The van der Waals surface area contributed by atoms with Crippen LogP contribution in [0.1, 0.15) is 18.8 Å². The second-order valence-electron chi connectivity index (χ2n) is 6.28. The van der Waals surface area contributed by atoms with Crippen molar-refractivity contribution in [2.45, 2.75) is 13.0 Å². The van der Waals surface area contributed by atoms with Crippen molar-refractivity contribution in [2.24, 2.45) is 0 Å². The Kier molecular flexibility index (Phi) is 5.71. The first-order valence-corrected chi connectivity index (χ1v) is 10.5. The monoisotopic (exact) mass is 537 g/mol. The van der Waals surface area contributed by atoms with Crippen molar-refractivity contribution >= 4 is 62.5 Å². The molecule has 4 rings (SSSR count). The molecule has 0 aliphatic rings. The first kappa shape index (κ1) is 20.1. The molecule has 1 N–H and O–H groups in total. The van der Waals surface area contributed by atoms with Gasteiger partial charge in [-0.25, -0.2) is 9.97 Å². The molecule has 1 atom stereocenters. The van der Waals surface area contributed by atoms with Crippen LogP contribution in [0.5, 0.6) is 0 Å².